The minimum Gasteiger partial charge on any atom is -0.465 e. The number of ether oxygens (including phenoxy) is 1. The molecule has 1 rings (SSSR count). The van der Waals surface area contributed by atoms with Crippen molar-refractivity contribution in [3.05, 3.63) is 29.3 Å². The minimum atomic E-state index is -4.10. The molecule has 0 radical (unpaired) electrons. The first-order chi connectivity index (χ1) is 8.43. The first-order valence-electron chi connectivity index (χ1n) is 5.11. The van der Waals surface area contributed by atoms with Crippen molar-refractivity contribution in [2.24, 2.45) is 0 Å². The second-order valence-corrected chi connectivity index (χ2v) is 5.18. The van der Waals surface area contributed by atoms with E-state index in [1.165, 1.54) is 24.3 Å². The molecule has 1 aromatic rings. The van der Waals surface area contributed by atoms with Crippen LogP contribution < -0.4 is 9.61 Å². The number of hydrogen-bond acceptors (Lipinski definition) is 4. The number of nitrogens with one attached hydrogen (secondary N) is 1. The summed E-state index contributed by atoms with van der Waals surface area (Å²) in [5.74, 6) is -0.465. The van der Waals surface area contributed by atoms with Crippen molar-refractivity contribution in [1.82, 2.24) is 5.09 Å². The fourth-order valence-electron chi connectivity index (χ4n) is 1.05. The summed E-state index contributed by atoms with van der Waals surface area (Å²) in [5, 5.41) is 2.57. The predicted octanol–water partition coefficient (Wildman–Crippen LogP) is 1.97. The zero-order chi connectivity index (χ0) is 13.6. The van der Waals surface area contributed by atoms with E-state index in [9.17, 15) is 14.3 Å². The Morgan fingerprint density at radius 2 is 2.06 bits per heavy atom. The molecule has 1 aromatic carbocycles. The molecule has 0 aliphatic heterocycles. The molecule has 0 heterocycles. The normalized spacial score (nSPS) is 13.7. The highest BCUT2D eigenvalue weighted by Gasteiger charge is 2.22. The van der Waals surface area contributed by atoms with Crippen LogP contribution in [0.3, 0.4) is 0 Å². The standard InChI is InChI=1S/C10H13ClNO5P/c1-2-16-10(13)7-12-18(14,15)17-9-5-3-8(11)4-6-9/h3-6H,2,7H2,1H3,(H2,12,14,15). The molecule has 0 bridgehead atoms. The Kier molecular flexibility index (Phi) is 5.62. The second-order valence-electron chi connectivity index (χ2n) is 3.21. The zero-order valence-electron chi connectivity index (χ0n) is 9.63. The number of esters is 1. The number of carbonyl (C=O) groups excluding carboxylic acids is 1. The maximum atomic E-state index is 11.6. The van der Waals surface area contributed by atoms with Crippen LogP contribution in [0.2, 0.25) is 5.02 Å². The molecule has 1 unspecified atom stereocenters. The van der Waals surface area contributed by atoms with E-state index in [2.05, 4.69) is 9.82 Å². The summed E-state index contributed by atoms with van der Waals surface area (Å²) in [4.78, 5) is 20.4. The molecule has 100 valence electrons. The van der Waals surface area contributed by atoms with Crippen LogP contribution in [0.5, 0.6) is 5.75 Å². The topological polar surface area (TPSA) is 84.9 Å². The fourth-order valence-corrected chi connectivity index (χ4v) is 1.97. The fraction of sp³-hybridized carbons (Fsp3) is 0.300. The molecule has 0 amide bonds. The van der Waals surface area contributed by atoms with E-state index in [4.69, 9.17) is 16.1 Å². The van der Waals surface area contributed by atoms with Gasteiger partial charge in [-0.25, -0.2) is 9.65 Å². The summed E-state index contributed by atoms with van der Waals surface area (Å²) in [6, 6.07) is 5.92. The molecule has 0 aliphatic carbocycles. The molecule has 0 saturated carbocycles. The van der Waals surface area contributed by atoms with E-state index >= 15 is 0 Å². The lowest BCUT2D eigenvalue weighted by Gasteiger charge is -2.13. The van der Waals surface area contributed by atoms with Crippen molar-refractivity contribution in [1.29, 1.82) is 0 Å². The number of benzene rings is 1. The smallest absolute Gasteiger partial charge is 0.456 e. The molecule has 2 N–H and O–H groups in total. The molecule has 18 heavy (non-hydrogen) atoms. The number of hydrogen-bond donors (Lipinski definition) is 2. The van der Waals surface area contributed by atoms with Gasteiger partial charge in [0.25, 0.3) is 0 Å². The number of halogens is 1. The number of rotatable bonds is 6. The van der Waals surface area contributed by atoms with Gasteiger partial charge >= 0.3 is 13.7 Å². The third-order valence-electron chi connectivity index (χ3n) is 1.77. The van der Waals surface area contributed by atoms with Gasteiger partial charge in [-0.15, -0.1) is 0 Å². The first kappa shape index (κ1) is 15.0. The molecule has 0 saturated heterocycles. The van der Waals surface area contributed by atoms with Gasteiger partial charge in [-0.3, -0.25) is 4.79 Å². The van der Waals surface area contributed by atoms with Gasteiger partial charge in [0.05, 0.1) is 6.61 Å². The summed E-state index contributed by atoms with van der Waals surface area (Å²) < 4.78 is 21.0. The summed E-state index contributed by atoms with van der Waals surface area (Å²) in [7, 11) is -4.10. The Morgan fingerprint density at radius 1 is 1.44 bits per heavy atom. The molecular weight excluding hydrogens is 281 g/mol. The van der Waals surface area contributed by atoms with E-state index < -0.39 is 20.3 Å². The highest BCUT2D eigenvalue weighted by Crippen LogP contribution is 2.38. The molecule has 0 aromatic heterocycles. The maximum Gasteiger partial charge on any atom is 0.456 e. The Bertz CT molecular complexity index is 450. The van der Waals surface area contributed by atoms with Gasteiger partial charge < -0.3 is 14.2 Å². The van der Waals surface area contributed by atoms with Gasteiger partial charge in [-0.2, -0.15) is 0 Å². The van der Waals surface area contributed by atoms with Gasteiger partial charge in [-0.1, -0.05) is 11.6 Å². The average Bonchev–Trinajstić information content (AvgIpc) is 2.30. The molecule has 8 heteroatoms. The van der Waals surface area contributed by atoms with Gasteiger partial charge in [0, 0.05) is 5.02 Å². The van der Waals surface area contributed by atoms with E-state index in [1.54, 1.807) is 6.92 Å². The lowest BCUT2D eigenvalue weighted by molar-refractivity contribution is -0.141. The van der Waals surface area contributed by atoms with Crippen molar-refractivity contribution in [3.8, 4) is 5.75 Å². The molecule has 0 spiro atoms. The highest BCUT2D eigenvalue weighted by atomic mass is 35.5. The quantitative estimate of drug-likeness (QED) is 0.616. The largest absolute Gasteiger partial charge is 0.465 e. The third-order valence-corrected chi connectivity index (χ3v) is 3.04. The highest BCUT2D eigenvalue weighted by molar-refractivity contribution is 7.51. The molecule has 6 nitrogen and oxygen atoms in total. The summed E-state index contributed by atoms with van der Waals surface area (Å²) in [5.41, 5.74) is 0. The van der Waals surface area contributed by atoms with E-state index in [0.29, 0.717) is 5.02 Å². The van der Waals surface area contributed by atoms with Crippen LogP contribution in [-0.2, 0) is 14.1 Å². The maximum absolute atomic E-state index is 11.6. The van der Waals surface area contributed by atoms with Gasteiger partial charge in [-0.05, 0) is 31.2 Å². The van der Waals surface area contributed by atoms with Gasteiger partial charge in [0.1, 0.15) is 12.3 Å². The van der Waals surface area contributed by atoms with Crippen LogP contribution in [0.25, 0.3) is 0 Å². The third kappa shape index (κ3) is 5.51. The van der Waals surface area contributed by atoms with Gasteiger partial charge in [0.15, 0.2) is 0 Å². The van der Waals surface area contributed by atoms with Crippen LogP contribution in [0.1, 0.15) is 6.92 Å². The Morgan fingerprint density at radius 3 is 2.61 bits per heavy atom. The second kappa shape index (κ2) is 6.75. The Labute approximate surface area is 109 Å². The van der Waals surface area contributed by atoms with E-state index in [-0.39, 0.29) is 12.4 Å². The number of carbonyl (C=O) groups is 1. The van der Waals surface area contributed by atoms with Gasteiger partial charge in [0.2, 0.25) is 0 Å². The van der Waals surface area contributed by atoms with Crippen molar-refractivity contribution < 1.29 is 23.5 Å². The summed E-state index contributed by atoms with van der Waals surface area (Å²) in [6.45, 7) is 1.43. The SMILES string of the molecule is CCOC(=O)CNP(=O)(O)Oc1ccc(Cl)cc1. The monoisotopic (exact) mass is 293 g/mol. The molecule has 1 atom stereocenters. The lowest BCUT2D eigenvalue weighted by atomic mass is 10.3. The van der Waals surface area contributed by atoms with Crippen molar-refractivity contribution in [2.75, 3.05) is 13.2 Å². The Hall–Kier alpha value is -1.07. The van der Waals surface area contributed by atoms with E-state index in [1.807, 2.05) is 0 Å². The van der Waals surface area contributed by atoms with Crippen molar-refractivity contribution in [2.45, 2.75) is 6.92 Å². The summed E-state index contributed by atoms with van der Waals surface area (Å²) >= 11 is 5.66. The van der Waals surface area contributed by atoms with E-state index in [0.717, 1.165) is 0 Å². The molecule has 0 fully saturated rings. The van der Waals surface area contributed by atoms with Crippen LogP contribution in [0.4, 0.5) is 0 Å². The molecular formula is C10H13ClNO5P. The first-order valence-corrected chi connectivity index (χ1v) is 7.07. The minimum absolute atomic E-state index is 0.168. The van der Waals surface area contributed by atoms with Crippen LogP contribution in [0, 0.1) is 0 Å². The van der Waals surface area contributed by atoms with Crippen LogP contribution >= 0.6 is 19.3 Å². The summed E-state index contributed by atoms with van der Waals surface area (Å²) in [6.07, 6.45) is 0. The lowest BCUT2D eigenvalue weighted by Crippen LogP contribution is -2.24. The zero-order valence-corrected chi connectivity index (χ0v) is 11.3. The molecule has 0 aliphatic rings. The van der Waals surface area contributed by atoms with Crippen LogP contribution in [0.15, 0.2) is 24.3 Å². The van der Waals surface area contributed by atoms with Crippen molar-refractivity contribution in [3.63, 3.8) is 0 Å². The Balaban J connectivity index is 2.51. The van der Waals surface area contributed by atoms with Crippen LogP contribution in [-0.4, -0.2) is 24.0 Å². The average molecular weight is 294 g/mol. The van der Waals surface area contributed by atoms with Crippen molar-refractivity contribution >= 4 is 25.3 Å². The predicted molar refractivity (Wildman–Crippen MR) is 66.5 cm³/mol.